The lowest BCUT2D eigenvalue weighted by Gasteiger charge is -2.28. The van der Waals surface area contributed by atoms with Crippen LogP contribution in [0.15, 0.2) is 35.2 Å². The van der Waals surface area contributed by atoms with E-state index in [0.29, 0.717) is 5.92 Å². The minimum absolute atomic E-state index is 0.272. The molecule has 1 rings (SSSR count). The number of hydrogen-bond acceptors (Lipinski definition) is 2. The Morgan fingerprint density at radius 2 is 1.62 bits per heavy atom. The second-order valence-corrected chi connectivity index (χ2v) is 10.9. The van der Waals surface area contributed by atoms with Gasteiger partial charge in [0.25, 0.3) is 0 Å². The SMILES string of the molecule is CC(C)C(O[Si](C)(C)C)Sc1ccccc1. The molecular weight excluding hydrogens is 232 g/mol. The van der Waals surface area contributed by atoms with Crippen LogP contribution in [0.25, 0.3) is 0 Å². The molecule has 0 aliphatic heterocycles. The molecule has 0 bridgehead atoms. The average molecular weight is 254 g/mol. The summed E-state index contributed by atoms with van der Waals surface area (Å²) in [5.74, 6) is 0.539. The Hall–Kier alpha value is -0.253. The van der Waals surface area contributed by atoms with Crippen molar-refractivity contribution in [2.24, 2.45) is 5.92 Å². The van der Waals surface area contributed by atoms with Crippen molar-refractivity contribution in [3.05, 3.63) is 30.3 Å². The molecule has 0 radical (unpaired) electrons. The van der Waals surface area contributed by atoms with Crippen molar-refractivity contribution in [2.75, 3.05) is 0 Å². The average Bonchev–Trinajstić information content (AvgIpc) is 2.16. The van der Waals surface area contributed by atoms with E-state index >= 15 is 0 Å². The quantitative estimate of drug-likeness (QED) is 0.431. The molecule has 0 saturated heterocycles. The normalized spacial score (nSPS) is 14.1. The third-order valence-electron chi connectivity index (χ3n) is 2.01. The monoisotopic (exact) mass is 254 g/mol. The molecule has 16 heavy (non-hydrogen) atoms. The van der Waals surface area contributed by atoms with Crippen molar-refractivity contribution in [3.8, 4) is 0 Å². The molecule has 1 unspecified atom stereocenters. The van der Waals surface area contributed by atoms with E-state index in [1.165, 1.54) is 4.90 Å². The largest absolute Gasteiger partial charge is 0.405 e. The zero-order chi connectivity index (χ0) is 12.2. The topological polar surface area (TPSA) is 9.23 Å². The van der Waals surface area contributed by atoms with E-state index in [-0.39, 0.29) is 5.44 Å². The highest BCUT2D eigenvalue weighted by molar-refractivity contribution is 7.99. The summed E-state index contributed by atoms with van der Waals surface area (Å²) in [6.45, 7) is 11.2. The summed E-state index contributed by atoms with van der Waals surface area (Å²) in [5.41, 5.74) is 0.272. The number of rotatable bonds is 5. The summed E-state index contributed by atoms with van der Waals surface area (Å²) >= 11 is 1.84. The van der Waals surface area contributed by atoms with Gasteiger partial charge in [-0.25, -0.2) is 0 Å². The highest BCUT2D eigenvalue weighted by atomic mass is 32.2. The summed E-state index contributed by atoms with van der Waals surface area (Å²) in [4.78, 5) is 1.29. The molecule has 0 amide bonds. The van der Waals surface area contributed by atoms with Gasteiger partial charge in [0.1, 0.15) is 0 Å². The van der Waals surface area contributed by atoms with Crippen molar-refractivity contribution in [1.29, 1.82) is 0 Å². The van der Waals surface area contributed by atoms with Gasteiger partial charge in [0.05, 0.1) is 5.44 Å². The van der Waals surface area contributed by atoms with E-state index in [1.54, 1.807) is 0 Å². The van der Waals surface area contributed by atoms with Gasteiger partial charge in [-0.2, -0.15) is 0 Å². The lowest BCUT2D eigenvalue weighted by molar-refractivity contribution is 0.229. The van der Waals surface area contributed by atoms with Gasteiger partial charge < -0.3 is 4.43 Å². The summed E-state index contributed by atoms with van der Waals surface area (Å²) in [6, 6.07) is 10.5. The molecule has 0 aliphatic rings. The van der Waals surface area contributed by atoms with Gasteiger partial charge in [0.15, 0.2) is 8.32 Å². The van der Waals surface area contributed by atoms with E-state index in [2.05, 4.69) is 57.8 Å². The Morgan fingerprint density at radius 1 is 1.06 bits per heavy atom. The zero-order valence-corrected chi connectivity index (χ0v) is 12.7. The van der Waals surface area contributed by atoms with E-state index in [1.807, 2.05) is 17.8 Å². The first-order valence-electron chi connectivity index (χ1n) is 5.78. The van der Waals surface area contributed by atoms with Crippen molar-refractivity contribution in [1.82, 2.24) is 0 Å². The van der Waals surface area contributed by atoms with Crippen molar-refractivity contribution < 1.29 is 4.43 Å². The summed E-state index contributed by atoms with van der Waals surface area (Å²) in [7, 11) is -1.46. The Kier molecular flexibility index (Phi) is 5.09. The van der Waals surface area contributed by atoms with Gasteiger partial charge in [-0.1, -0.05) is 43.8 Å². The Balaban J connectivity index is 2.66. The van der Waals surface area contributed by atoms with Gasteiger partial charge in [-0.15, -0.1) is 0 Å². The third-order valence-corrected chi connectivity index (χ3v) is 4.56. The summed E-state index contributed by atoms with van der Waals surface area (Å²) in [6.07, 6.45) is 0. The summed E-state index contributed by atoms with van der Waals surface area (Å²) in [5, 5.41) is 0. The second kappa shape index (κ2) is 5.89. The van der Waals surface area contributed by atoms with Crippen LogP contribution in [0.5, 0.6) is 0 Å². The molecule has 1 atom stereocenters. The predicted octanol–water partition coefficient (Wildman–Crippen LogP) is 4.61. The maximum absolute atomic E-state index is 6.21. The molecule has 90 valence electrons. The number of benzene rings is 1. The lowest BCUT2D eigenvalue weighted by Crippen LogP contribution is -2.32. The van der Waals surface area contributed by atoms with Gasteiger partial charge in [-0.3, -0.25) is 0 Å². The van der Waals surface area contributed by atoms with Crippen LogP contribution in [-0.4, -0.2) is 13.8 Å². The molecular formula is C13H22OSSi. The first-order valence-corrected chi connectivity index (χ1v) is 10.1. The molecule has 1 aromatic carbocycles. The molecule has 3 heteroatoms. The van der Waals surface area contributed by atoms with E-state index in [0.717, 1.165) is 0 Å². The Labute approximate surface area is 105 Å². The molecule has 0 spiro atoms. The van der Waals surface area contributed by atoms with Crippen molar-refractivity contribution >= 4 is 20.1 Å². The molecule has 0 saturated carbocycles. The van der Waals surface area contributed by atoms with Crippen LogP contribution >= 0.6 is 11.8 Å². The lowest BCUT2D eigenvalue weighted by atomic mass is 10.2. The smallest absolute Gasteiger partial charge is 0.185 e. The standard InChI is InChI=1S/C13H22OSSi/c1-11(2)13(14-16(3,4)5)15-12-9-7-6-8-10-12/h6-11,13H,1-5H3. The van der Waals surface area contributed by atoms with E-state index in [9.17, 15) is 0 Å². The van der Waals surface area contributed by atoms with Crippen LogP contribution < -0.4 is 0 Å². The van der Waals surface area contributed by atoms with E-state index in [4.69, 9.17) is 4.43 Å². The molecule has 0 aliphatic carbocycles. The first kappa shape index (κ1) is 13.8. The van der Waals surface area contributed by atoms with Crippen molar-refractivity contribution in [3.63, 3.8) is 0 Å². The highest BCUT2D eigenvalue weighted by Gasteiger charge is 2.24. The fourth-order valence-corrected chi connectivity index (χ4v) is 4.16. The maximum Gasteiger partial charge on any atom is 0.185 e. The fraction of sp³-hybridized carbons (Fsp3) is 0.538. The Morgan fingerprint density at radius 3 is 2.06 bits per heavy atom. The van der Waals surface area contributed by atoms with Crippen LogP contribution in [-0.2, 0) is 4.43 Å². The molecule has 1 nitrogen and oxygen atoms in total. The van der Waals surface area contributed by atoms with Gasteiger partial charge in [0.2, 0.25) is 0 Å². The van der Waals surface area contributed by atoms with Crippen LogP contribution in [0.1, 0.15) is 13.8 Å². The summed E-state index contributed by atoms with van der Waals surface area (Å²) < 4.78 is 6.21. The molecule has 0 heterocycles. The maximum atomic E-state index is 6.21. The van der Waals surface area contributed by atoms with Crippen LogP contribution in [0.2, 0.25) is 19.6 Å². The van der Waals surface area contributed by atoms with Crippen LogP contribution in [0, 0.1) is 5.92 Å². The minimum atomic E-state index is -1.46. The van der Waals surface area contributed by atoms with Gasteiger partial charge in [-0.05, 0) is 37.7 Å². The molecule has 0 N–H and O–H groups in total. The molecule has 0 aromatic heterocycles. The Bertz CT molecular complexity index is 305. The van der Waals surface area contributed by atoms with Crippen LogP contribution in [0.4, 0.5) is 0 Å². The molecule has 0 fully saturated rings. The number of thioether (sulfide) groups is 1. The minimum Gasteiger partial charge on any atom is -0.405 e. The number of hydrogen-bond donors (Lipinski definition) is 0. The first-order chi connectivity index (χ1) is 7.38. The van der Waals surface area contributed by atoms with Gasteiger partial charge >= 0.3 is 0 Å². The van der Waals surface area contributed by atoms with Gasteiger partial charge in [0, 0.05) is 4.90 Å². The van der Waals surface area contributed by atoms with E-state index < -0.39 is 8.32 Å². The third kappa shape index (κ3) is 5.19. The second-order valence-electron chi connectivity index (χ2n) is 5.27. The predicted molar refractivity (Wildman–Crippen MR) is 75.4 cm³/mol. The zero-order valence-electron chi connectivity index (χ0n) is 10.9. The highest BCUT2D eigenvalue weighted by Crippen LogP contribution is 2.30. The van der Waals surface area contributed by atoms with Crippen molar-refractivity contribution in [2.45, 2.75) is 43.8 Å². The molecule has 1 aromatic rings. The fourth-order valence-electron chi connectivity index (χ4n) is 1.28. The van der Waals surface area contributed by atoms with Crippen LogP contribution in [0.3, 0.4) is 0 Å².